The molecule has 22 heavy (non-hydrogen) atoms. The first-order valence-corrected chi connectivity index (χ1v) is 8.65. The summed E-state index contributed by atoms with van der Waals surface area (Å²) < 4.78 is 27.3. The van der Waals surface area contributed by atoms with Crippen molar-refractivity contribution in [2.45, 2.75) is 6.42 Å². The molecule has 2 amide bonds. The molecule has 1 aromatic rings. The summed E-state index contributed by atoms with van der Waals surface area (Å²) in [6.45, 7) is 0.307. The Morgan fingerprint density at radius 1 is 1.36 bits per heavy atom. The van der Waals surface area contributed by atoms with Crippen LogP contribution in [0.4, 0.5) is 10.5 Å². The maximum Gasteiger partial charge on any atom is 0.337 e. The van der Waals surface area contributed by atoms with E-state index in [1.165, 1.54) is 13.2 Å². The first-order chi connectivity index (χ1) is 10.4. The predicted molar refractivity (Wildman–Crippen MR) is 81.6 cm³/mol. The summed E-state index contributed by atoms with van der Waals surface area (Å²) in [6.07, 6.45) is 0.570. The number of nitrogens with one attached hydrogen (secondary N) is 2. The van der Waals surface area contributed by atoms with Crippen molar-refractivity contribution >= 4 is 27.5 Å². The molecule has 1 aromatic carbocycles. The average Bonchev–Trinajstić information content (AvgIpc) is 2.84. The Morgan fingerprint density at radius 2 is 2.14 bits per heavy atom. The summed E-state index contributed by atoms with van der Waals surface area (Å²) in [5.74, 6) is -0.231. The van der Waals surface area contributed by atoms with Crippen molar-refractivity contribution in [3.05, 3.63) is 29.8 Å². The van der Waals surface area contributed by atoms with Crippen LogP contribution in [0.3, 0.4) is 0 Å². The van der Waals surface area contributed by atoms with E-state index in [0.717, 1.165) is 0 Å². The topological polar surface area (TPSA) is 102 Å². The van der Waals surface area contributed by atoms with Crippen molar-refractivity contribution in [1.82, 2.24) is 5.32 Å². The van der Waals surface area contributed by atoms with E-state index in [2.05, 4.69) is 15.4 Å². The van der Waals surface area contributed by atoms with Gasteiger partial charge >= 0.3 is 12.0 Å². The number of ether oxygens (including phenoxy) is 1. The maximum atomic E-state index is 11.8. The van der Waals surface area contributed by atoms with Crippen molar-refractivity contribution in [2.75, 3.05) is 30.5 Å². The van der Waals surface area contributed by atoms with Gasteiger partial charge in [0.15, 0.2) is 9.84 Å². The van der Waals surface area contributed by atoms with E-state index < -0.39 is 21.8 Å². The number of sulfone groups is 1. The number of carbonyl (C=O) groups is 2. The monoisotopic (exact) mass is 326 g/mol. The highest BCUT2D eigenvalue weighted by molar-refractivity contribution is 7.91. The Kier molecular flexibility index (Phi) is 5.02. The van der Waals surface area contributed by atoms with Crippen molar-refractivity contribution in [3.63, 3.8) is 0 Å². The van der Waals surface area contributed by atoms with Gasteiger partial charge in [-0.15, -0.1) is 0 Å². The smallest absolute Gasteiger partial charge is 0.337 e. The second-order valence-electron chi connectivity index (χ2n) is 5.18. The zero-order valence-electron chi connectivity index (χ0n) is 12.2. The number of rotatable bonds is 4. The molecule has 1 aliphatic heterocycles. The number of hydrogen-bond donors (Lipinski definition) is 2. The number of amides is 2. The molecule has 0 aliphatic carbocycles. The van der Waals surface area contributed by atoms with Crippen LogP contribution in [-0.2, 0) is 14.6 Å². The zero-order valence-corrected chi connectivity index (χ0v) is 13.0. The summed E-state index contributed by atoms with van der Waals surface area (Å²) in [4.78, 5) is 23.2. The van der Waals surface area contributed by atoms with Crippen LogP contribution >= 0.6 is 0 Å². The molecule has 8 heteroatoms. The van der Waals surface area contributed by atoms with Crippen molar-refractivity contribution in [3.8, 4) is 0 Å². The zero-order chi connectivity index (χ0) is 16.2. The quantitative estimate of drug-likeness (QED) is 0.805. The molecule has 1 aliphatic rings. The van der Waals surface area contributed by atoms with E-state index in [0.29, 0.717) is 24.2 Å². The molecule has 1 heterocycles. The number of benzene rings is 1. The van der Waals surface area contributed by atoms with Gasteiger partial charge in [0.05, 0.1) is 24.2 Å². The number of carbonyl (C=O) groups excluding carboxylic acids is 2. The van der Waals surface area contributed by atoms with Crippen LogP contribution in [0.5, 0.6) is 0 Å². The number of anilines is 1. The SMILES string of the molecule is COC(=O)c1cccc(NC(=O)NCC2CCS(=O)(=O)C2)c1. The third-order valence-electron chi connectivity index (χ3n) is 3.42. The summed E-state index contributed by atoms with van der Waals surface area (Å²) in [5, 5.41) is 5.24. The van der Waals surface area contributed by atoms with Gasteiger partial charge in [-0.2, -0.15) is 0 Å². The van der Waals surface area contributed by atoms with E-state index in [9.17, 15) is 18.0 Å². The van der Waals surface area contributed by atoms with Crippen LogP contribution in [0, 0.1) is 5.92 Å². The number of methoxy groups -OCH3 is 1. The van der Waals surface area contributed by atoms with E-state index in [1.807, 2.05) is 0 Å². The van der Waals surface area contributed by atoms with Crippen LogP contribution in [0.15, 0.2) is 24.3 Å². The third kappa shape index (κ3) is 4.45. The predicted octanol–water partition coefficient (Wildman–Crippen LogP) is 1.03. The summed E-state index contributed by atoms with van der Waals surface area (Å²) in [7, 11) is -1.66. The van der Waals surface area contributed by atoms with E-state index in [-0.39, 0.29) is 17.4 Å². The molecule has 1 atom stereocenters. The molecule has 1 fully saturated rings. The van der Waals surface area contributed by atoms with Crippen molar-refractivity contribution in [1.29, 1.82) is 0 Å². The van der Waals surface area contributed by atoms with Crippen molar-refractivity contribution < 1.29 is 22.7 Å². The van der Waals surface area contributed by atoms with Crippen LogP contribution in [-0.4, -0.2) is 45.6 Å². The highest BCUT2D eigenvalue weighted by Gasteiger charge is 2.27. The van der Waals surface area contributed by atoms with E-state index in [1.54, 1.807) is 18.2 Å². The molecular formula is C14H18N2O5S. The molecular weight excluding hydrogens is 308 g/mol. The Bertz CT molecular complexity index is 672. The lowest BCUT2D eigenvalue weighted by Gasteiger charge is -2.11. The second-order valence-corrected chi connectivity index (χ2v) is 7.41. The molecule has 1 unspecified atom stereocenters. The Balaban J connectivity index is 1.86. The highest BCUT2D eigenvalue weighted by Crippen LogP contribution is 2.17. The molecule has 120 valence electrons. The average molecular weight is 326 g/mol. The van der Waals surface area contributed by atoms with Crippen LogP contribution in [0.2, 0.25) is 0 Å². The van der Waals surface area contributed by atoms with Gasteiger partial charge in [-0.3, -0.25) is 0 Å². The highest BCUT2D eigenvalue weighted by atomic mass is 32.2. The Morgan fingerprint density at radius 3 is 2.77 bits per heavy atom. The van der Waals surface area contributed by atoms with E-state index >= 15 is 0 Å². The van der Waals surface area contributed by atoms with Gasteiger partial charge < -0.3 is 15.4 Å². The summed E-state index contributed by atoms with van der Waals surface area (Å²) in [6, 6.07) is 5.92. The van der Waals surface area contributed by atoms with Crippen LogP contribution in [0.25, 0.3) is 0 Å². The van der Waals surface area contributed by atoms with Gasteiger partial charge in [-0.25, -0.2) is 18.0 Å². The molecule has 0 bridgehead atoms. The molecule has 7 nitrogen and oxygen atoms in total. The molecule has 2 N–H and O–H groups in total. The van der Waals surface area contributed by atoms with Gasteiger partial charge in [0.25, 0.3) is 0 Å². The summed E-state index contributed by atoms with van der Waals surface area (Å²) in [5.41, 5.74) is 0.793. The van der Waals surface area contributed by atoms with Crippen LogP contribution in [0.1, 0.15) is 16.8 Å². The van der Waals surface area contributed by atoms with Gasteiger partial charge in [0.2, 0.25) is 0 Å². The third-order valence-corrected chi connectivity index (χ3v) is 5.26. The lowest BCUT2D eigenvalue weighted by atomic mass is 10.1. The second kappa shape index (κ2) is 6.78. The molecule has 1 saturated heterocycles. The molecule has 0 spiro atoms. The number of hydrogen-bond acceptors (Lipinski definition) is 5. The standard InChI is InChI=1S/C14H18N2O5S/c1-21-13(17)11-3-2-4-12(7-11)16-14(18)15-8-10-5-6-22(19,20)9-10/h2-4,7,10H,5-6,8-9H2,1H3,(H2,15,16,18). The van der Waals surface area contributed by atoms with Gasteiger partial charge in [-0.05, 0) is 30.5 Å². The lowest BCUT2D eigenvalue weighted by Crippen LogP contribution is -2.33. The maximum absolute atomic E-state index is 11.8. The van der Waals surface area contributed by atoms with Crippen molar-refractivity contribution in [2.24, 2.45) is 5.92 Å². The molecule has 0 radical (unpaired) electrons. The first-order valence-electron chi connectivity index (χ1n) is 6.83. The lowest BCUT2D eigenvalue weighted by molar-refractivity contribution is 0.0600. The minimum Gasteiger partial charge on any atom is -0.465 e. The Labute approximate surface area is 129 Å². The van der Waals surface area contributed by atoms with Crippen LogP contribution < -0.4 is 10.6 Å². The minimum atomic E-state index is -2.94. The van der Waals surface area contributed by atoms with Gasteiger partial charge in [0, 0.05) is 12.2 Å². The fourth-order valence-electron chi connectivity index (χ4n) is 2.29. The number of urea groups is 1. The minimum absolute atomic E-state index is 0.0443. The van der Waals surface area contributed by atoms with E-state index in [4.69, 9.17) is 0 Å². The first kappa shape index (κ1) is 16.3. The number of esters is 1. The molecule has 0 saturated carbocycles. The largest absolute Gasteiger partial charge is 0.465 e. The fourth-order valence-corrected chi connectivity index (χ4v) is 4.15. The normalized spacial score (nSPS) is 19.4. The molecule has 2 rings (SSSR count). The van der Waals surface area contributed by atoms with Gasteiger partial charge in [0.1, 0.15) is 0 Å². The molecule has 0 aromatic heterocycles. The fraction of sp³-hybridized carbons (Fsp3) is 0.429. The van der Waals surface area contributed by atoms with Gasteiger partial charge in [-0.1, -0.05) is 6.07 Å². The summed E-state index contributed by atoms with van der Waals surface area (Å²) >= 11 is 0. The Hall–Kier alpha value is -2.09.